The summed E-state index contributed by atoms with van der Waals surface area (Å²) < 4.78 is 17.2. The molecule has 10 nitrogen and oxygen atoms in total. The number of ether oxygens (including phenoxy) is 3. The summed E-state index contributed by atoms with van der Waals surface area (Å²) in [6.07, 6.45) is 5.95. The maximum absolute atomic E-state index is 13.8. The van der Waals surface area contributed by atoms with Crippen molar-refractivity contribution in [2.75, 3.05) is 58.3 Å². The Morgan fingerprint density at radius 2 is 1.86 bits per heavy atom. The lowest BCUT2D eigenvalue weighted by Crippen LogP contribution is -2.46. The molecule has 1 aliphatic heterocycles. The molecule has 0 saturated carbocycles. The van der Waals surface area contributed by atoms with Crippen LogP contribution in [0.4, 0.5) is 5.69 Å². The van der Waals surface area contributed by atoms with E-state index in [9.17, 15) is 14.4 Å². The van der Waals surface area contributed by atoms with Crippen LogP contribution < -0.4 is 35.6 Å². The Balaban J connectivity index is 1.76. The summed E-state index contributed by atoms with van der Waals surface area (Å²) in [6, 6.07) is 6.44. The molecule has 1 heterocycles. The van der Waals surface area contributed by atoms with Crippen molar-refractivity contribution in [1.82, 2.24) is 15.5 Å². The molecule has 44 heavy (non-hydrogen) atoms. The van der Waals surface area contributed by atoms with Gasteiger partial charge < -0.3 is 30.2 Å². The number of methoxy groups -OCH3 is 3. The minimum absolute atomic E-state index is 0.116. The van der Waals surface area contributed by atoms with Crippen LogP contribution in [0.1, 0.15) is 56.7 Å². The first-order chi connectivity index (χ1) is 21.3. The van der Waals surface area contributed by atoms with Crippen LogP contribution in [0.2, 0.25) is 0 Å². The van der Waals surface area contributed by atoms with Crippen LogP contribution in [0.15, 0.2) is 29.1 Å². The summed E-state index contributed by atoms with van der Waals surface area (Å²) in [7, 11) is 4.70. The van der Waals surface area contributed by atoms with Gasteiger partial charge in [-0.1, -0.05) is 13.0 Å². The summed E-state index contributed by atoms with van der Waals surface area (Å²) in [5, 5.41) is 9.45. The average molecular weight is 627 g/mol. The van der Waals surface area contributed by atoms with Crippen LogP contribution in [0.25, 0.3) is 11.1 Å². The maximum atomic E-state index is 13.8. The van der Waals surface area contributed by atoms with Gasteiger partial charge in [-0.25, -0.2) is 0 Å². The Morgan fingerprint density at radius 3 is 2.52 bits per heavy atom. The van der Waals surface area contributed by atoms with Crippen LogP contribution >= 0.6 is 11.8 Å². The smallest absolute Gasteiger partial charge is 0.242 e. The number of anilines is 1. The van der Waals surface area contributed by atoms with Gasteiger partial charge >= 0.3 is 0 Å². The highest BCUT2D eigenvalue weighted by molar-refractivity contribution is 7.98. The molecule has 0 bridgehead atoms. The van der Waals surface area contributed by atoms with E-state index in [1.807, 2.05) is 18.4 Å². The molecule has 0 radical (unpaired) electrons. The molecule has 0 aromatic heterocycles. The van der Waals surface area contributed by atoms with E-state index in [-0.39, 0.29) is 17.2 Å². The SMILES string of the molecule is CCN1CCC[C@@H]1CNC(=O)[C@H](CCSC)Nc1ccc2c(cc1=O)[C@@H](NC(C)=O)CCc1cc(OC)c(OC)c(OC)c1-2. The number of aryl methyl sites for hydroxylation is 1. The van der Waals surface area contributed by atoms with Crippen molar-refractivity contribution in [1.29, 1.82) is 0 Å². The number of likely N-dealkylation sites (N-methyl/N-ethyl adjacent to an activating group) is 1. The number of carbonyl (C=O) groups is 2. The number of hydrogen-bond acceptors (Lipinski definition) is 9. The third-order valence-corrected chi connectivity index (χ3v) is 9.23. The zero-order chi connectivity index (χ0) is 31.8. The van der Waals surface area contributed by atoms with Crippen LogP contribution in [0.5, 0.6) is 17.2 Å². The van der Waals surface area contributed by atoms with Gasteiger partial charge in [-0.3, -0.25) is 19.3 Å². The molecule has 1 fully saturated rings. The van der Waals surface area contributed by atoms with E-state index in [0.717, 1.165) is 48.4 Å². The fourth-order valence-corrected chi connectivity index (χ4v) is 6.87. The number of rotatable bonds is 13. The Hall–Kier alpha value is -3.44. The van der Waals surface area contributed by atoms with E-state index >= 15 is 0 Å². The van der Waals surface area contributed by atoms with Gasteiger partial charge in [-0.15, -0.1) is 0 Å². The summed E-state index contributed by atoms with van der Waals surface area (Å²) in [5.41, 5.74) is 3.20. The summed E-state index contributed by atoms with van der Waals surface area (Å²) >= 11 is 1.66. The third-order valence-electron chi connectivity index (χ3n) is 8.59. The Labute approximate surface area is 264 Å². The fraction of sp³-hybridized carbons (Fsp3) is 0.545. The van der Waals surface area contributed by atoms with Gasteiger partial charge in [-0.2, -0.15) is 11.8 Å². The predicted octanol–water partition coefficient (Wildman–Crippen LogP) is 4.00. The van der Waals surface area contributed by atoms with E-state index < -0.39 is 12.1 Å². The van der Waals surface area contributed by atoms with Gasteiger partial charge in [0.05, 0.1) is 33.1 Å². The van der Waals surface area contributed by atoms with Gasteiger partial charge in [0, 0.05) is 25.1 Å². The number of likely N-dealkylation sites (tertiary alicyclic amines) is 1. The number of hydrogen-bond donors (Lipinski definition) is 3. The van der Waals surface area contributed by atoms with E-state index in [1.54, 1.807) is 45.2 Å². The molecule has 2 aromatic rings. The van der Waals surface area contributed by atoms with E-state index in [2.05, 4.69) is 27.8 Å². The minimum atomic E-state index is -0.578. The zero-order valence-corrected chi connectivity index (χ0v) is 27.5. The second-order valence-corrected chi connectivity index (χ2v) is 12.2. The quantitative estimate of drug-likeness (QED) is 0.303. The molecule has 11 heteroatoms. The number of amides is 2. The van der Waals surface area contributed by atoms with Crippen LogP contribution in [-0.2, 0) is 16.0 Å². The first-order valence-electron chi connectivity index (χ1n) is 15.3. The van der Waals surface area contributed by atoms with E-state index in [1.165, 1.54) is 6.92 Å². The lowest BCUT2D eigenvalue weighted by atomic mass is 9.95. The molecular formula is C33H46N4O6S. The topological polar surface area (TPSA) is 118 Å². The van der Waals surface area contributed by atoms with Gasteiger partial charge in [0.25, 0.3) is 0 Å². The number of nitrogens with one attached hydrogen (secondary N) is 3. The molecule has 1 saturated heterocycles. The minimum Gasteiger partial charge on any atom is -0.493 e. The number of nitrogens with zero attached hydrogens (tertiary/aromatic N) is 1. The van der Waals surface area contributed by atoms with Crippen LogP contribution in [0, 0.1) is 0 Å². The molecule has 3 N–H and O–H groups in total. The average Bonchev–Trinajstić information content (AvgIpc) is 3.36. The van der Waals surface area contributed by atoms with Crippen LogP contribution in [-0.4, -0.2) is 81.8 Å². The van der Waals surface area contributed by atoms with Gasteiger partial charge in [0.15, 0.2) is 11.5 Å². The molecular weight excluding hydrogens is 580 g/mol. The van der Waals surface area contributed by atoms with Crippen molar-refractivity contribution in [2.24, 2.45) is 0 Å². The molecule has 240 valence electrons. The molecule has 1 aliphatic carbocycles. The maximum Gasteiger partial charge on any atom is 0.242 e. The molecule has 4 rings (SSSR count). The highest BCUT2D eigenvalue weighted by atomic mass is 32.2. The number of carbonyl (C=O) groups excluding carboxylic acids is 2. The summed E-state index contributed by atoms with van der Waals surface area (Å²) in [5.74, 6) is 1.93. The molecule has 3 atom stereocenters. The monoisotopic (exact) mass is 626 g/mol. The first-order valence-corrected chi connectivity index (χ1v) is 16.7. The second kappa shape index (κ2) is 15.5. The van der Waals surface area contributed by atoms with E-state index in [4.69, 9.17) is 14.2 Å². The summed E-state index contributed by atoms with van der Waals surface area (Å²) in [6.45, 7) is 6.23. The first kappa shape index (κ1) is 33.5. The van der Waals surface area contributed by atoms with Crippen LogP contribution in [0.3, 0.4) is 0 Å². The fourth-order valence-electron chi connectivity index (χ4n) is 6.40. The van der Waals surface area contributed by atoms with Crippen molar-refractivity contribution in [3.63, 3.8) is 0 Å². The van der Waals surface area contributed by atoms with Gasteiger partial charge in [0.1, 0.15) is 6.04 Å². The summed E-state index contributed by atoms with van der Waals surface area (Å²) in [4.78, 5) is 41.9. The molecule has 2 amide bonds. The van der Waals surface area contributed by atoms with Crippen molar-refractivity contribution in [2.45, 2.75) is 64.1 Å². The number of fused-ring (bicyclic) bond motifs is 3. The third kappa shape index (κ3) is 7.43. The Morgan fingerprint density at radius 1 is 1.09 bits per heavy atom. The molecule has 0 unspecified atom stereocenters. The van der Waals surface area contributed by atoms with Crippen molar-refractivity contribution < 1.29 is 23.8 Å². The number of benzene rings is 1. The van der Waals surface area contributed by atoms with Crippen molar-refractivity contribution in [3.8, 4) is 28.4 Å². The Kier molecular flexibility index (Phi) is 11.8. The lowest BCUT2D eigenvalue weighted by Gasteiger charge is -2.25. The van der Waals surface area contributed by atoms with E-state index in [0.29, 0.717) is 60.3 Å². The predicted molar refractivity (Wildman–Crippen MR) is 176 cm³/mol. The van der Waals surface area contributed by atoms with Crippen molar-refractivity contribution >= 4 is 29.3 Å². The van der Waals surface area contributed by atoms with Crippen molar-refractivity contribution in [3.05, 3.63) is 45.6 Å². The lowest BCUT2D eigenvalue weighted by molar-refractivity contribution is -0.122. The number of thioether (sulfide) groups is 1. The normalized spacial score (nSPS) is 18.3. The second-order valence-electron chi connectivity index (χ2n) is 11.2. The largest absolute Gasteiger partial charge is 0.493 e. The molecule has 0 spiro atoms. The molecule has 2 aromatic carbocycles. The van der Waals surface area contributed by atoms with Gasteiger partial charge in [0.2, 0.25) is 23.0 Å². The van der Waals surface area contributed by atoms with Gasteiger partial charge in [-0.05, 0) is 92.1 Å². The highest BCUT2D eigenvalue weighted by Crippen LogP contribution is 2.50. The molecule has 2 aliphatic rings. The Bertz CT molecular complexity index is 1400. The standard InChI is InChI=1S/C33H46N4O6S/c1-7-37-15-8-9-22(37)19-34-33(40)27(14-16-44-6)36-26-13-11-23-24(18-28(26)39)25(35-20(2)38)12-10-21-17-29(41-3)31(42-4)32(43-5)30(21)23/h11,13,17-18,22,25,27H,7-10,12,14-16,19H2,1-6H3,(H,34,40)(H,35,38)(H,36,39)/t22-,25+,27+/m1/s1. The highest BCUT2D eigenvalue weighted by Gasteiger charge is 2.30. The zero-order valence-electron chi connectivity index (χ0n) is 26.7.